The van der Waals surface area contributed by atoms with E-state index in [0.717, 1.165) is 0 Å². The summed E-state index contributed by atoms with van der Waals surface area (Å²) in [5, 5.41) is 20.3. The predicted molar refractivity (Wildman–Crippen MR) is 126 cm³/mol. The van der Waals surface area contributed by atoms with Crippen LogP contribution in [0.5, 0.6) is 17.2 Å². The molecule has 1 N–H and O–H groups in total. The Morgan fingerprint density at radius 1 is 1.03 bits per heavy atom. The van der Waals surface area contributed by atoms with Gasteiger partial charge in [0.2, 0.25) is 0 Å². The number of rotatable bonds is 8. The number of hydrogen-bond donors (Lipinski definition) is 1. The third-order valence-corrected chi connectivity index (χ3v) is 6.99. The molecule has 1 aliphatic carbocycles. The van der Waals surface area contributed by atoms with Crippen molar-refractivity contribution in [3.05, 3.63) is 90.0 Å². The summed E-state index contributed by atoms with van der Waals surface area (Å²) in [6.07, 6.45) is 0. The third kappa shape index (κ3) is 3.90. The van der Waals surface area contributed by atoms with E-state index in [-0.39, 0.29) is 0 Å². The molecule has 33 heavy (non-hydrogen) atoms. The molecule has 4 rings (SSSR count). The van der Waals surface area contributed by atoms with Crippen molar-refractivity contribution >= 4 is 29.2 Å². The first-order valence-corrected chi connectivity index (χ1v) is 11.2. The Bertz CT molecular complexity index is 1190. The summed E-state index contributed by atoms with van der Waals surface area (Å²) in [6.45, 7) is 2.35. The summed E-state index contributed by atoms with van der Waals surface area (Å²) in [5.41, 5.74) is -0.640. The number of para-hydroxylation sites is 1. The predicted octanol–water partition coefficient (Wildman–Crippen LogP) is 6.31. The van der Waals surface area contributed by atoms with Crippen LogP contribution in [-0.4, -0.2) is 22.0 Å². The number of carbonyl (C=O) groups is 1. The first-order valence-electron chi connectivity index (χ1n) is 10.4. The minimum Gasteiger partial charge on any atom is -0.494 e. The molecule has 1 fully saturated rings. The lowest BCUT2D eigenvalue weighted by Gasteiger charge is -2.17. The van der Waals surface area contributed by atoms with Crippen LogP contribution in [0.2, 0.25) is 0 Å². The lowest BCUT2D eigenvalue weighted by atomic mass is 9.85. The smallest absolute Gasteiger partial charge is 0.317 e. The maximum atomic E-state index is 12.5. The number of nitrogens with zero attached hydrogens (tertiary/aromatic N) is 1. The zero-order chi connectivity index (χ0) is 23.6. The van der Waals surface area contributed by atoms with Gasteiger partial charge in [-0.2, -0.15) is 5.26 Å². The number of benzene rings is 3. The van der Waals surface area contributed by atoms with E-state index in [1.54, 1.807) is 48.5 Å². The molecule has 7 heteroatoms. The molecule has 3 aromatic rings. The Labute approximate surface area is 202 Å². The van der Waals surface area contributed by atoms with Crippen molar-refractivity contribution in [1.29, 1.82) is 5.26 Å². The van der Waals surface area contributed by atoms with Crippen LogP contribution in [-0.2, 0) is 10.2 Å². The van der Waals surface area contributed by atoms with Gasteiger partial charge in [-0.05, 0) is 54.4 Å². The number of hydrogen-bond acceptors (Lipinski definition) is 4. The Kier molecular flexibility index (Phi) is 6.25. The first-order chi connectivity index (χ1) is 15.9. The minimum absolute atomic E-state index is 0.422. The first kappa shape index (κ1) is 23.0. The van der Waals surface area contributed by atoms with E-state index in [1.807, 2.05) is 37.3 Å². The molecule has 0 saturated heterocycles. The highest BCUT2D eigenvalue weighted by atomic mass is 35.5. The molecule has 0 spiro atoms. The van der Waals surface area contributed by atoms with Crippen molar-refractivity contribution in [2.45, 2.75) is 22.6 Å². The fraction of sp³-hybridized carbons (Fsp3) is 0.231. The van der Waals surface area contributed by atoms with Gasteiger partial charge in [-0.15, -0.1) is 0 Å². The van der Waals surface area contributed by atoms with Crippen LogP contribution < -0.4 is 9.47 Å². The highest BCUT2D eigenvalue weighted by Crippen LogP contribution is 2.73. The van der Waals surface area contributed by atoms with Crippen LogP contribution in [0.1, 0.15) is 24.0 Å². The standard InChI is InChI=1S/C26H21Cl2NO4/c1-2-32-19-13-11-18(12-14-19)25(24(30)31)23(26(25,27)28)22(16-29)17-7-6-10-21(15-17)33-20-8-4-3-5-9-20/h3-15,22-23H,2H2,1H3,(H,30,31)/t22-,23?,25?/m0/s1. The molecule has 3 aromatic carbocycles. The van der Waals surface area contributed by atoms with E-state index in [2.05, 4.69) is 6.07 Å². The zero-order valence-electron chi connectivity index (χ0n) is 17.7. The van der Waals surface area contributed by atoms with E-state index in [0.29, 0.717) is 35.0 Å². The Balaban J connectivity index is 1.70. The number of halogens is 2. The van der Waals surface area contributed by atoms with Gasteiger partial charge in [0.05, 0.1) is 18.6 Å². The van der Waals surface area contributed by atoms with Gasteiger partial charge >= 0.3 is 5.97 Å². The summed E-state index contributed by atoms with van der Waals surface area (Å²) in [5.74, 6) is -1.15. The highest BCUT2D eigenvalue weighted by molar-refractivity contribution is 6.54. The van der Waals surface area contributed by atoms with E-state index in [9.17, 15) is 15.2 Å². The van der Waals surface area contributed by atoms with E-state index < -0.39 is 27.6 Å². The van der Waals surface area contributed by atoms with Crippen molar-refractivity contribution in [3.8, 4) is 23.3 Å². The lowest BCUT2D eigenvalue weighted by Crippen LogP contribution is -2.27. The van der Waals surface area contributed by atoms with Gasteiger partial charge in [0.15, 0.2) is 0 Å². The summed E-state index contributed by atoms with van der Waals surface area (Å²) < 4.78 is 9.66. The van der Waals surface area contributed by atoms with Gasteiger partial charge in [0.1, 0.15) is 27.0 Å². The van der Waals surface area contributed by atoms with Crippen molar-refractivity contribution in [2.24, 2.45) is 5.92 Å². The second kappa shape index (κ2) is 8.97. The topological polar surface area (TPSA) is 79.5 Å². The molecule has 0 aromatic heterocycles. The van der Waals surface area contributed by atoms with E-state index >= 15 is 0 Å². The van der Waals surface area contributed by atoms with Crippen LogP contribution in [0.15, 0.2) is 78.9 Å². The van der Waals surface area contributed by atoms with E-state index in [1.165, 1.54) is 0 Å². The van der Waals surface area contributed by atoms with Gasteiger partial charge in [-0.1, -0.05) is 65.7 Å². The van der Waals surface area contributed by atoms with Crippen LogP contribution in [0.4, 0.5) is 0 Å². The van der Waals surface area contributed by atoms with Crippen LogP contribution >= 0.6 is 23.2 Å². The SMILES string of the molecule is CCOc1ccc(C2(C(=O)O)C([C@@H](C#N)c3cccc(Oc4ccccc4)c3)C2(Cl)Cl)cc1. The average Bonchev–Trinajstić information content (AvgIpc) is 3.33. The Morgan fingerprint density at radius 3 is 2.30 bits per heavy atom. The lowest BCUT2D eigenvalue weighted by molar-refractivity contribution is -0.140. The fourth-order valence-electron chi connectivity index (χ4n) is 4.38. The molecule has 2 unspecified atom stereocenters. The summed E-state index contributed by atoms with van der Waals surface area (Å²) >= 11 is 13.2. The normalized spacial score (nSPS) is 21.5. The third-order valence-electron chi connectivity index (χ3n) is 5.93. The van der Waals surface area contributed by atoms with Gasteiger partial charge in [0.25, 0.3) is 0 Å². The molecule has 168 valence electrons. The second-order valence-electron chi connectivity index (χ2n) is 7.77. The number of ether oxygens (including phenoxy) is 2. The van der Waals surface area contributed by atoms with Crippen molar-refractivity contribution < 1.29 is 19.4 Å². The average molecular weight is 482 g/mol. The molecule has 0 radical (unpaired) electrons. The number of carboxylic acid groups (broad SMARTS) is 1. The minimum atomic E-state index is -1.68. The Morgan fingerprint density at radius 2 is 1.70 bits per heavy atom. The van der Waals surface area contributed by atoms with Crippen molar-refractivity contribution in [2.75, 3.05) is 6.61 Å². The number of aliphatic carboxylic acids is 1. The number of nitriles is 1. The second-order valence-corrected chi connectivity index (χ2v) is 9.15. The quantitative estimate of drug-likeness (QED) is 0.381. The molecule has 0 aliphatic heterocycles. The van der Waals surface area contributed by atoms with Crippen molar-refractivity contribution in [1.82, 2.24) is 0 Å². The molecule has 0 heterocycles. The molecular formula is C26H21Cl2NO4. The summed E-state index contributed by atoms with van der Waals surface area (Å²) in [4.78, 5) is 12.5. The van der Waals surface area contributed by atoms with Gasteiger partial charge in [0, 0.05) is 5.92 Å². The van der Waals surface area contributed by atoms with Gasteiger partial charge < -0.3 is 14.6 Å². The molecule has 0 amide bonds. The monoisotopic (exact) mass is 481 g/mol. The van der Waals surface area contributed by atoms with Crippen LogP contribution in [0.25, 0.3) is 0 Å². The Hall–Kier alpha value is -3.20. The zero-order valence-corrected chi connectivity index (χ0v) is 19.3. The maximum Gasteiger partial charge on any atom is 0.317 e. The number of carboxylic acids is 1. The largest absolute Gasteiger partial charge is 0.494 e. The van der Waals surface area contributed by atoms with Crippen molar-refractivity contribution in [3.63, 3.8) is 0 Å². The maximum absolute atomic E-state index is 12.5. The molecule has 5 nitrogen and oxygen atoms in total. The van der Waals surface area contributed by atoms with Crippen LogP contribution in [0, 0.1) is 17.2 Å². The molecule has 3 atom stereocenters. The van der Waals surface area contributed by atoms with Gasteiger partial charge in [-0.25, -0.2) is 0 Å². The fourth-order valence-corrected chi connectivity index (χ4v) is 5.46. The van der Waals surface area contributed by atoms with Crippen LogP contribution in [0.3, 0.4) is 0 Å². The number of alkyl halides is 2. The summed E-state index contributed by atoms with van der Waals surface area (Å²) in [7, 11) is 0. The van der Waals surface area contributed by atoms with Gasteiger partial charge in [-0.3, -0.25) is 4.79 Å². The molecule has 0 bridgehead atoms. The highest BCUT2D eigenvalue weighted by Gasteiger charge is 2.83. The molecule has 1 saturated carbocycles. The summed E-state index contributed by atoms with van der Waals surface area (Å²) in [6, 6.07) is 25.1. The molecule has 1 aliphatic rings. The molecular weight excluding hydrogens is 461 g/mol. The van der Waals surface area contributed by atoms with E-state index in [4.69, 9.17) is 32.7 Å².